The minimum Gasteiger partial charge on any atom is -0.374 e. The van der Waals surface area contributed by atoms with Gasteiger partial charge in [-0.15, -0.1) is 0 Å². The Morgan fingerprint density at radius 3 is 2.50 bits per heavy atom. The lowest BCUT2D eigenvalue weighted by molar-refractivity contribution is -0.119. The highest BCUT2D eigenvalue weighted by atomic mass is 16.3. The van der Waals surface area contributed by atoms with Crippen molar-refractivity contribution < 1.29 is 14.7 Å². The second-order valence-electron chi connectivity index (χ2n) is 2.11. The number of rotatable bonds is 1. The predicted molar refractivity (Wildman–Crippen MR) is 31.9 cm³/mol. The highest BCUT2D eigenvalue weighted by Gasteiger charge is 2.29. The maximum Gasteiger partial charge on any atom is 0.326 e. The summed E-state index contributed by atoms with van der Waals surface area (Å²) in [4.78, 5) is 22.2. The van der Waals surface area contributed by atoms with Crippen molar-refractivity contribution in [1.82, 2.24) is 10.2 Å². The highest BCUT2D eigenvalue weighted by Crippen LogP contribution is 2.00. The fourth-order valence-electron chi connectivity index (χ4n) is 0.759. The summed E-state index contributed by atoms with van der Waals surface area (Å²) in [6, 6.07) is -0.528. The number of nitrogens with one attached hydrogen (secondary N) is 1. The molecule has 1 aliphatic heterocycles. The van der Waals surface area contributed by atoms with E-state index in [-0.39, 0.29) is 12.5 Å². The molecule has 0 bridgehead atoms. The van der Waals surface area contributed by atoms with Crippen LogP contribution in [0, 0.1) is 0 Å². The van der Waals surface area contributed by atoms with E-state index >= 15 is 0 Å². The van der Waals surface area contributed by atoms with Gasteiger partial charge in [0.2, 0.25) is 5.91 Å². The number of carbonyl (C=O) groups excluding carboxylic acids is 2. The molecule has 2 N–H and O–H groups in total. The minimum absolute atomic E-state index is 0.0451. The smallest absolute Gasteiger partial charge is 0.326 e. The molecular weight excluding hydrogens is 136 g/mol. The standard InChI is InChI=1S/C5H8N2O3/c1-3(8)7-2-4(9)6-5(7)10/h3,8H,2H2,1H3,(H,6,9,10). The number of aliphatic hydroxyl groups is 1. The Balaban J connectivity index is 2.63. The maximum absolute atomic E-state index is 10.7. The van der Waals surface area contributed by atoms with E-state index in [1.54, 1.807) is 0 Å². The van der Waals surface area contributed by atoms with Gasteiger partial charge in [0.25, 0.3) is 0 Å². The Kier molecular flexibility index (Phi) is 1.58. The third kappa shape index (κ3) is 1.08. The summed E-state index contributed by atoms with van der Waals surface area (Å²) in [6.45, 7) is 1.38. The van der Waals surface area contributed by atoms with Gasteiger partial charge in [-0.3, -0.25) is 15.0 Å². The monoisotopic (exact) mass is 144 g/mol. The second kappa shape index (κ2) is 2.26. The molecule has 5 nitrogen and oxygen atoms in total. The SMILES string of the molecule is CC(O)N1CC(=O)NC1=O. The van der Waals surface area contributed by atoms with Crippen LogP contribution in [0.1, 0.15) is 6.92 Å². The summed E-state index contributed by atoms with van der Waals surface area (Å²) < 4.78 is 0. The quantitative estimate of drug-likeness (QED) is 0.458. The zero-order valence-electron chi connectivity index (χ0n) is 5.50. The van der Waals surface area contributed by atoms with Crippen LogP contribution in [-0.2, 0) is 4.79 Å². The van der Waals surface area contributed by atoms with Crippen molar-refractivity contribution in [2.45, 2.75) is 13.2 Å². The first-order chi connectivity index (χ1) is 4.61. The summed E-state index contributed by atoms with van der Waals surface area (Å²) >= 11 is 0. The third-order valence-corrected chi connectivity index (χ3v) is 1.27. The Morgan fingerprint density at radius 1 is 1.70 bits per heavy atom. The van der Waals surface area contributed by atoms with E-state index in [9.17, 15) is 9.59 Å². The summed E-state index contributed by atoms with van der Waals surface area (Å²) in [5.41, 5.74) is 0. The number of aliphatic hydroxyl groups excluding tert-OH is 1. The molecule has 3 amide bonds. The van der Waals surface area contributed by atoms with Crippen LogP contribution >= 0.6 is 0 Å². The number of nitrogens with zero attached hydrogens (tertiary/aromatic N) is 1. The molecule has 0 radical (unpaired) electrons. The molecule has 0 aromatic rings. The lowest BCUT2D eigenvalue weighted by atomic mass is 10.5. The van der Waals surface area contributed by atoms with Crippen molar-refractivity contribution in [1.29, 1.82) is 0 Å². The first-order valence-corrected chi connectivity index (χ1v) is 2.90. The van der Waals surface area contributed by atoms with Crippen molar-refractivity contribution in [3.8, 4) is 0 Å². The molecular formula is C5H8N2O3. The van der Waals surface area contributed by atoms with Gasteiger partial charge >= 0.3 is 6.03 Å². The maximum atomic E-state index is 10.7. The average molecular weight is 144 g/mol. The van der Waals surface area contributed by atoms with Crippen molar-refractivity contribution in [3.63, 3.8) is 0 Å². The summed E-state index contributed by atoms with van der Waals surface area (Å²) in [6.07, 6.45) is -0.897. The zero-order chi connectivity index (χ0) is 7.72. The Hall–Kier alpha value is -1.10. The van der Waals surface area contributed by atoms with E-state index in [1.807, 2.05) is 5.32 Å². The van der Waals surface area contributed by atoms with Crippen LogP contribution in [0.25, 0.3) is 0 Å². The van der Waals surface area contributed by atoms with Gasteiger partial charge in [0.15, 0.2) is 0 Å². The molecule has 1 saturated heterocycles. The lowest BCUT2D eigenvalue weighted by Gasteiger charge is -2.15. The first-order valence-electron chi connectivity index (χ1n) is 2.90. The Bertz CT molecular complexity index is 178. The molecule has 1 heterocycles. The first kappa shape index (κ1) is 7.01. The molecule has 1 unspecified atom stereocenters. The van der Waals surface area contributed by atoms with Crippen molar-refractivity contribution >= 4 is 11.9 Å². The Morgan fingerprint density at radius 2 is 2.30 bits per heavy atom. The molecule has 1 rings (SSSR count). The van der Waals surface area contributed by atoms with Gasteiger partial charge < -0.3 is 5.11 Å². The van der Waals surface area contributed by atoms with Crippen molar-refractivity contribution in [2.24, 2.45) is 0 Å². The summed E-state index contributed by atoms with van der Waals surface area (Å²) in [5.74, 6) is -0.370. The molecule has 0 aromatic heterocycles. The van der Waals surface area contributed by atoms with Gasteiger partial charge in [-0.1, -0.05) is 0 Å². The minimum atomic E-state index is -0.897. The van der Waals surface area contributed by atoms with Gasteiger partial charge in [0.1, 0.15) is 12.8 Å². The van der Waals surface area contributed by atoms with Crippen LogP contribution in [0.15, 0.2) is 0 Å². The van der Waals surface area contributed by atoms with Gasteiger partial charge in [-0.2, -0.15) is 0 Å². The molecule has 10 heavy (non-hydrogen) atoms. The summed E-state index contributed by atoms with van der Waals surface area (Å²) in [7, 11) is 0. The number of carbonyl (C=O) groups is 2. The molecule has 0 aliphatic carbocycles. The number of urea groups is 1. The molecule has 1 aliphatic rings. The molecule has 5 heteroatoms. The highest BCUT2D eigenvalue weighted by molar-refractivity contribution is 6.01. The molecule has 0 spiro atoms. The van der Waals surface area contributed by atoms with Crippen LogP contribution in [0.2, 0.25) is 0 Å². The molecule has 56 valence electrons. The van der Waals surface area contributed by atoms with Gasteiger partial charge in [0, 0.05) is 0 Å². The average Bonchev–Trinajstić information content (AvgIpc) is 2.10. The van der Waals surface area contributed by atoms with E-state index in [4.69, 9.17) is 5.11 Å². The van der Waals surface area contributed by atoms with Gasteiger partial charge in [-0.25, -0.2) is 4.79 Å². The van der Waals surface area contributed by atoms with Crippen molar-refractivity contribution in [2.75, 3.05) is 6.54 Å². The normalized spacial score (nSPS) is 21.2. The number of hydrogen-bond donors (Lipinski definition) is 2. The van der Waals surface area contributed by atoms with Crippen LogP contribution in [0.5, 0.6) is 0 Å². The van der Waals surface area contributed by atoms with Gasteiger partial charge in [-0.05, 0) is 6.92 Å². The molecule has 0 saturated carbocycles. The molecule has 1 fully saturated rings. The van der Waals surface area contributed by atoms with E-state index in [0.29, 0.717) is 0 Å². The van der Waals surface area contributed by atoms with E-state index in [2.05, 4.69) is 0 Å². The predicted octanol–water partition coefficient (Wildman–Crippen LogP) is -1.12. The molecule has 0 aromatic carbocycles. The van der Waals surface area contributed by atoms with E-state index in [0.717, 1.165) is 4.90 Å². The summed E-state index contributed by atoms with van der Waals surface area (Å²) in [5, 5.41) is 10.9. The lowest BCUT2D eigenvalue weighted by Crippen LogP contribution is -2.35. The van der Waals surface area contributed by atoms with Gasteiger partial charge in [0.05, 0.1) is 0 Å². The zero-order valence-corrected chi connectivity index (χ0v) is 5.50. The van der Waals surface area contributed by atoms with Crippen LogP contribution in [-0.4, -0.2) is 34.7 Å². The topological polar surface area (TPSA) is 69.6 Å². The van der Waals surface area contributed by atoms with Crippen molar-refractivity contribution in [3.05, 3.63) is 0 Å². The second-order valence-corrected chi connectivity index (χ2v) is 2.11. The number of hydrogen-bond acceptors (Lipinski definition) is 3. The Labute approximate surface area is 57.6 Å². The molecule has 1 atom stereocenters. The van der Waals surface area contributed by atoms with E-state index in [1.165, 1.54) is 6.92 Å². The van der Waals surface area contributed by atoms with Crippen LogP contribution in [0.3, 0.4) is 0 Å². The largest absolute Gasteiger partial charge is 0.374 e. The van der Waals surface area contributed by atoms with E-state index < -0.39 is 12.3 Å². The number of amides is 3. The van der Waals surface area contributed by atoms with Crippen LogP contribution < -0.4 is 5.32 Å². The fourth-order valence-corrected chi connectivity index (χ4v) is 0.759. The fraction of sp³-hybridized carbons (Fsp3) is 0.600. The number of imide groups is 1. The third-order valence-electron chi connectivity index (χ3n) is 1.27. The van der Waals surface area contributed by atoms with Crippen LogP contribution in [0.4, 0.5) is 4.79 Å².